The Hall–Kier alpha value is -2.69. The van der Waals surface area contributed by atoms with Gasteiger partial charge >= 0.3 is 0 Å². The number of amides is 1. The van der Waals surface area contributed by atoms with Crippen molar-refractivity contribution in [3.8, 4) is 11.5 Å². The first-order valence-corrected chi connectivity index (χ1v) is 6.62. The normalized spacial score (nSPS) is 10.0. The van der Waals surface area contributed by atoms with E-state index < -0.39 is 0 Å². The molecule has 21 heavy (non-hydrogen) atoms. The van der Waals surface area contributed by atoms with Crippen molar-refractivity contribution in [2.45, 2.75) is 6.92 Å². The maximum absolute atomic E-state index is 12.3. The second-order valence-electron chi connectivity index (χ2n) is 4.34. The molecule has 1 amide bonds. The van der Waals surface area contributed by atoms with Crippen LogP contribution in [0, 0.1) is 0 Å². The molecule has 0 aliphatic rings. The summed E-state index contributed by atoms with van der Waals surface area (Å²) in [6, 6.07) is 12.2. The van der Waals surface area contributed by atoms with E-state index in [0.717, 1.165) is 0 Å². The molecule has 110 valence electrons. The van der Waals surface area contributed by atoms with Gasteiger partial charge in [0.05, 0.1) is 25.0 Å². The minimum Gasteiger partial charge on any atom is -0.496 e. The maximum atomic E-state index is 12.3. The van der Waals surface area contributed by atoms with E-state index in [4.69, 9.17) is 15.2 Å². The third kappa shape index (κ3) is 3.45. The van der Waals surface area contributed by atoms with Crippen LogP contribution in [0.25, 0.3) is 0 Å². The van der Waals surface area contributed by atoms with Gasteiger partial charge in [0.15, 0.2) is 0 Å². The number of methoxy groups -OCH3 is 1. The van der Waals surface area contributed by atoms with Gasteiger partial charge in [-0.3, -0.25) is 4.79 Å². The first-order chi connectivity index (χ1) is 10.2. The SMILES string of the molecule is CCOc1cc(NC(=O)c2ccccc2OC)ccc1N. The Morgan fingerprint density at radius 1 is 1.19 bits per heavy atom. The molecule has 0 atom stereocenters. The van der Waals surface area contributed by atoms with Crippen molar-refractivity contribution in [1.29, 1.82) is 0 Å². The number of carbonyl (C=O) groups is 1. The van der Waals surface area contributed by atoms with Crippen molar-refractivity contribution < 1.29 is 14.3 Å². The van der Waals surface area contributed by atoms with E-state index in [-0.39, 0.29) is 5.91 Å². The summed E-state index contributed by atoms with van der Waals surface area (Å²) < 4.78 is 10.6. The highest BCUT2D eigenvalue weighted by Gasteiger charge is 2.12. The maximum Gasteiger partial charge on any atom is 0.259 e. The lowest BCUT2D eigenvalue weighted by molar-refractivity contribution is 0.102. The lowest BCUT2D eigenvalue weighted by atomic mass is 10.1. The van der Waals surface area contributed by atoms with E-state index in [1.54, 1.807) is 36.4 Å². The Bertz CT molecular complexity index is 641. The summed E-state index contributed by atoms with van der Waals surface area (Å²) in [7, 11) is 1.53. The fourth-order valence-corrected chi connectivity index (χ4v) is 1.92. The molecule has 0 fully saturated rings. The lowest BCUT2D eigenvalue weighted by Crippen LogP contribution is -2.13. The molecule has 2 aromatic rings. The second-order valence-corrected chi connectivity index (χ2v) is 4.34. The Balaban J connectivity index is 2.21. The minimum atomic E-state index is -0.250. The van der Waals surface area contributed by atoms with Gasteiger partial charge in [0.1, 0.15) is 11.5 Å². The lowest BCUT2D eigenvalue weighted by Gasteiger charge is -2.11. The number of para-hydroxylation sites is 1. The molecular weight excluding hydrogens is 268 g/mol. The van der Waals surface area contributed by atoms with Crippen LogP contribution in [0.1, 0.15) is 17.3 Å². The molecule has 2 rings (SSSR count). The summed E-state index contributed by atoms with van der Waals surface area (Å²) >= 11 is 0. The second kappa shape index (κ2) is 6.65. The van der Waals surface area contributed by atoms with Crippen LogP contribution < -0.4 is 20.5 Å². The van der Waals surface area contributed by atoms with Crippen LogP contribution >= 0.6 is 0 Å². The summed E-state index contributed by atoms with van der Waals surface area (Å²) in [6.45, 7) is 2.38. The Kier molecular flexibility index (Phi) is 4.66. The minimum absolute atomic E-state index is 0.250. The van der Waals surface area contributed by atoms with Crippen LogP contribution in [-0.4, -0.2) is 19.6 Å². The van der Waals surface area contributed by atoms with E-state index in [1.807, 2.05) is 13.0 Å². The monoisotopic (exact) mass is 286 g/mol. The van der Waals surface area contributed by atoms with Crippen molar-refractivity contribution in [1.82, 2.24) is 0 Å². The van der Waals surface area contributed by atoms with Crippen LogP contribution in [0.4, 0.5) is 11.4 Å². The smallest absolute Gasteiger partial charge is 0.259 e. The number of carbonyl (C=O) groups excluding carboxylic acids is 1. The van der Waals surface area contributed by atoms with Gasteiger partial charge in [0.2, 0.25) is 0 Å². The molecule has 0 saturated carbocycles. The zero-order valence-corrected chi connectivity index (χ0v) is 12.1. The van der Waals surface area contributed by atoms with Gasteiger partial charge in [-0.15, -0.1) is 0 Å². The van der Waals surface area contributed by atoms with Crippen LogP contribution in [0.15, 0.2) is 42.5 Å². The number of nitrogens with one attached hydrogen (secondary N) is 1. The Morgan fingerprint density at radius 2 is 1.95 bits per heavy atom. The Labute approximate surface area is 123 Å². The topological polar surface area (TPSA) is 73.6 Å². The quantitative estimate of drug-likeness (QED) is 0.829. The van der Waals surface area contributed by atoms with Gasteiger partial charge in [0.25, 0.3) is 5.91 Å². The van der Waals surface area contributed by atoms with E-state index in [2.05, 4.69) is 5.32 Å². The predicted octanol–water partition coefficient (Wildman–Crippen LogP) is 2.93. The van der Waals surface area contributed by atoms with Gasteiger partial charge in [-0.2, -0.15) is 0 Å². The molecule has 0 saturated heterocycles. The van der Waals surface area contributed by atoms with Crippen LogP contribution in [-0.2, 0) is 0 Å². The van der Waals surface area contributed by atoms with Crippen molar-refractivity contribution in [2.75, 3.05) is 24.8 Å². The van der Waals surface area contributed by atoms with E-state index in [9.17, 15) is 4.79 Å². The molecule has 0 unspecified atom stereocenters. The van der Waals surface area contributed by atoms with E-state index in [1.165, 1.54) is 7.11 Å². The molecule has 0 aliphatic carbocycles. The number of rotatable bonds is 5. The van der Waals surface area contributed by atoms with Crippen molar-refractivity contribution >= 4 is 17.3 Å². The summed E-state index contributed by atoms with van der Waals surface area (Å²) in [5.74, 6) is 0.825. The van der Waals surface area contributed by atoms with E-state index >= 15 is 0 Å². The molecule has 0 aliphatic heterocycles. The molecule has 0 bridgehead atoms. The van der Waals surface area contributed by atoms with Gasteiger partial charge in [0, 0.05) is 11.8 Å². The Morgan fingerprint density at radius 3 is 2.67 bits per heavy atom. The summed E-state index contributed by atoms with van der Waals surface area (Å²) in [6.07, 6.45) is 0. The van der Waals surface area contributed by atoms with Gasteiger partial charge in [-0.25, -0.2) is 0 Å². The number of ether oxygens (including phenoxy) is 2. The molecule has 2 aromatic carbocycles. The van der Waals surface area contributed by atoms with Gasteiger partial charge in [-0.05, 0) is 31.2 Å². The van der Waals surface area contributed by atoms with Crippen LogP contribution in [0.3, 0.4) is 0 Å². The fraction of sp³-hybridized carbons (Fsp3) is 0.188. The summed E-state index contributed by atoms with van der Waals surface area (Å²) in [5.41, 5.74) is 7.42. The van der Waals surface area contributed by atoms with Crippen molar-refractivity contribution in [3.63, 3.8) is 0 Å². The molecule has 0 heterocycles. The number of nitrogens with two attached hydrogens (primary N) is 1. The fourth-order valence-electron chi connectivity index (χ4n) is 1.92. The number of nitrogen functional groups attached to an aromatic ring is 1. The van der Waals surface area contributed by atoms with Crippen molar-refractivity contribution in [2.24, 2.45) is 0 Å². The standard InChI is InChI=1S/C16H18N2O3/c1-3-21-15-10-11(8-9-13(15)17)18-16(19)12-6-4-5-7-14(12)20-2/h4-10H,3,17H2,1-2H3,(H,18,19). The van der Waals surface area contributed by atoms with Crippen LogP contribution in [0.5, 0.6) is 11.5 Å². The zero-order valence-electron chi connectivity index (χ0n) is 12.1. The average Bonchev–Trinajstić information content (AvgIpc) is 2.50. The molecule has 5 nitrogen and oxygen atoms in total. The van der Waals surface area contributed by atoms with Crippen molar-refractivity contribution in [3.05, 3.63) is 48.0 Å². The molecule has 0 radical (unpaired) electrons. The van der Waals surface area contributed by atoms with Gasteiger partial charge in [-0.1, -0.05) is 12.1 Å². The third-order valence-electron chi connectivity index (χ3n) is 2.92. The summed E-state index contributed by atoms with van der Waals surface area (Å²) in [4.78, 5) is 12.3. The molecule has 5 heteroatoms. The highest BCUT2D eigenvalue weighted by atomic mass is 16.5. The number of anilines is 2. The number of hydrogen-bond acceptors (Lipinski definition) is 4. The van der Waals surface area contributed by atoms with E-state index in [0.29, 0.717) is 35.0 Å². The molecular formula is C16H18N2O3. The first kappa shape index (κ1) is 14.7. The number of benzene rings is 2. The zero-order chi connectivity index (χ0) is 15.2. The summed E-state index contributed by atoms with van der Waals surface area (Å²) in [5, 5.41) is 2.80. The molecule has 0 aromatic heterocycles. The first-order valence-electron chi connectivity index (χ1n) is 6.62. The third-order valence-corrected chi connectivity index (χ3v) is 2.92. The van der Waals surface area contributed by atoms with Gasteiger partial charge < -0.3 is 20.5 Å². The van der Waals surface area contributed by atoms with Crippen LogP contribution in [0.2, 0.25) is 0 Å². The number of hydrogen-bond donors (Lipinski definition) is 2. The predicted molar refractivity (Wildman–Crippen MR) is 83.0 cm³/mol. The molecule has 3 N–H and O–H groups in total. The molecule has 0 spiro atoms. The highest BCUT2D eigenvalue weighted by molar-refractivity contribution is 6.06. The highest BCUT2D eigenvalue weighted by Crippen LogP contribution is 2.26. The average molecular weight is 286 g/mol. The largest absolute Gasteiger partial charge is 0.496 e.